The minimum atomic E-state index is 0.0196. The highest BCUT2D eigenvalue weighted by Crippen LogP contribution is 2.35. The molecular formula is C20H21NO3. The molecule has 2 aromatic carbocycles. The largest absolute Gasteiger partial charge is 0.497 e. The summed E-state index contributed by atoms with van der Waals surface area (Å²) in [7, 11) is 3.23. The standard InChI is InChI=1S/C20H21NO3/c1-13-5-7-15(8-6-13)11-21-12-17(14(2)22)20-18(21)9-16(23-3)10-19(20)24-4/h5-10,12H,11H2,1-4H3. The third kappa shape index (κ3) is 2.87. The number of aryl methyl sites for hydroxylation is 1. The van der Waals surface area contributed by atoms with E-state index in [0.717, 1.165) is 10.9 Å². The van der Waals surface area contributed by atoms with Crippen molar-refractivity contribution in [3.63, 3.8) is 0 Å². The molecule has 0 saturated carbocycles. The number of benzene rings is 2. The Morgan fingerprint density at radius 3 is 2.38 bits per heavy atom. The number of aromatic nitrogens is 1. The van der Waals surface area contributed by atoms with Crippen molar-refractivity contribution in [2.75, 3.05) is 14.2 Å². The highest BCUT2D eigenvalue weighted by atomic mass is 16.5. The summed E-state index contributed by atoms with van der Waals surface area (Å²) >= 11 is 0. The molecule has 0 spiro atoms. The number of hydrogen-bond acceptors (Lipinski definition) is 3. The normalized spacial score (nSPS) is 10.8. The summed E-state index contributed by atoms with van der Waals surface area (Å²) in [6, 6.07) is 12.1. The van der Waals surface area contributed by atoms with Gasteiger partial charge in [-0.1, -0.05) is 29.8 Å². The number of hydrogen-bond donors (Lipinski definition) is 0. The first-order valence-electron chi connectivity index (χ1n) is 7.85. The molecule has 0 saturated heterocycles. The monoisotopic (exact) mass is 323 g/mol. The predicted molar refractivity (Wildman–Crippen MR) is 95.3 cm³/mol. The van der Waals surface area contributed by atoms with Crippen LogP contribution in [0.15, 0.2) is 42.6 Å². The van der Waals surface area contributed by atoms with Gasteiger partial charge in [-0.15, -0.1) is 0 Å². The second-order valence-corrected chi connectivity index (χ2v) is 5.94. The number of carbonyl (C=O) groups is 1. The topological polar surface area (TPSA) is 40.5 Å². The van der Waals surface area contributed by atoms with Crippen molar-refractivity contribution in [2.45, 2.75) is 20.4 Å². The van der Waals surface area contributed by atoms with Crippen LogP contribution >= 0.6 is 0 Å². The Kier molecular flexibility index (Phi) is 4.30. The quantitative estimate of drug-likeness (QED) is 0.660. The average molecular weight is 323 g/mol. The number of ether oxygens (including phenoxy) is 2. The van der Waals surface area contributed by atoms with E-state index in [0.29, 0.717) is 23.6 Å². The summed E-state index contributed by atoms with van der Waals surface area (Å²) in [5.74, 6) is 1.38. The molecule has 0 amide bonds. The van der Waals surface area contributed by atoms with Crippen LogP contribution < -0.4 is 9.47 Å². The van der Waals surface area contributed by atoms with E-state index in [2.05, 4.69) is 35.8 Å². The first kappa shape index (κ1) is 16.1. The van der Waals surface area contributed by atoms with Gasteiger partial charge in [0.1, 0.15) is 11.5 Å². The fourth-order valence-electron chi connectivity index (χ4n) is 2.93. The molecular weight excluding hydrogens is 302 g/mol. The fraction of sp³-hybridized carbons (Fsp3) is 0.250. The van der Waals surface area contributed by atoms with E-state index >= 15 is 0 Å². The lowest BCUT2D eigenvalue weighted by molar-refractivity contribution is 0.101. The van der Waals surface area contributed by atoms with Crippen LogP contribution in [0.25, 0.3) is 10.9 Å². The first-order chi connectivity index (χ1) is 11.5. The van der Waals surface area contributed by atoms with Crippen LogP contribution in [0, 0.1) is 6.92 Å². The van der Waals surface area contributed by atoms with Crippen LogP contribution in [0.5, 0.6) is 11.5 Å². The fourth-order valence-corrected chi connectivity index (χ4v) is 2.93. The van der Waals surface area contributed by atoms with Gasteiger partial charge in [-0.3, -0.25) is 4.79 Å². The van der Waals surface area contributed by atoms with Gasteiger partial charge in [-0.05, 0) is 19.4 Å². The van der Waals surface area contributed by atoms with Gasteiger partial charge < -0.3 is 14.0 Å². The summed E-state index contributed by atoms with van der Waals surface area (Å²) in [4.78, 5) is 12.1. The molecule has 0 aliphatic heterocycles. The van der Waals surface area contributed by atoms with Crippen LogP contribution in [0.3, 0.4) is 0 Å². The van der Waals surface area contributed by atoms with E-state index in [1.807, 2.05) is 18.3 Å². The smallest absolute Gasteiger partial charge is 0.162 e. The van der Waals surface area contributed by atoms with Crippen molar-refractivity contribution in [1.82, 2.24) is 4.57 Å². The number of fused-ring (bicyclic) bond motifs is 1. The van der Waals surface area contributed by atoms with Crippen LogP contribution in [-0.4, -0.2) is 24.6 Å². The lowest BCUT2D eigenvalue weighted by atomic mass is 10.1. The molecule has 3 aromatic rings. The zero-order chi connectivity index (χ0) is 17.3. The van der Waals surface area contributed by atoms with Gasteiger partial charge in [-0.25, -0.2) is 0 Å². The molecule has 1 aromatic heterocycles. The Morgan fingerprint density at radius 2 is 1.79 bits per heavy atom. The van der Waals surface area contributed by atoms with Crippen molar-refractivity contribution in [2.24, 2.45) is 0 Å². The summed E-state index contributed by atoms with van der Waals surface area (Å²) in [6.07, 6.45) is 1.90. The Labute approximate surface area is 141 Å². The zero-order valence-electron chi connectivity index (χ0n) is 14.4. The summed E-state index contributed by atoms with van der Waals surface area (Å²) in [6.45, 7) is 4.33. The third-order valence-electron chi connectivity index (χ3n) is 4.23. The minimum absolute atomic E-state index is 0.0196. The maximum atomic E-state index is 12.1. The SMILES string of the molecule is COc1cc(OC)c2c(C(C)=O)cn(Cc3ccc(C)cc3)c2c1. The molecule has 4 nitrogen and oxygen atoms in total. The van der Waals surface area contributed by atoms with Gasteiger partial charge in [0.15, 0.2) is 5.78 Å². The number of carbonyl (C=O) groups excluding carboxylic acids is 1. The van der Waals surface area contributed by atoms with Crippen molar-refractivity contribution in [1.29, 1.82) is 0 Å². The zero-order valence-corrected chi connectivity index (χ0v) is 14.4. The highest BCUT2D eigenvalue weighted by Gasteiger charge is 2.18. The Hall–Kier alpha value is -2.75. The first-order valence-corrected chi connectivity index (χ1v) is 7.85. The molecule has 0 aliphatic rings. The third-order valence-corrected chi connectivity index (χ3v) is 4.23. The maximum absolute atomic E-state index is 12.1. The molecule has 0 N–H and O–H groups in total. The van der Waals surface area contributed by atoms with Crippen LogP contribution in [0.2, 0.25) is 0 Å². The molecule has 3 rings (SSSR count). The molecule has 0 unspecified atom stereocenters. The van der Waals surface area contributed by atoms with Crippen LogP contribution in [0.4, 0.5) is 0 Å². The van der Waals surface area contributed by atoms with E-state index in [1.54, 1.807) is 21.1 Å². The second kappa shape index (κ2) is 6.40. The number of nitrogens with zero attached hydrogens (tertiary/aromatic N) is 1. The highest BCUT2D eigenvalue weighted by molar-refractivity contribution is 6.09. The Morgan fingerprint density at radius 1 is 1.08 bits per heavy atom. The number of Topliss-reactive ketones (excluding diaryl/α,β-unsaturated/α-hetero) is 1. The summed E-state index contributed by atoms with van der Waals surface area (Å²) < 4.78 is 12.9. The predicted octanol–water partition coefficient (Wildman–Crippen LogP) is 4.22. The van der Waals surface area contributed by atoms with Crippen molar-refractivity contribution in [3.8, 4) is 11.5 Å². The molecule has 0 radical (unpaired) electrons. The summed E-state index contributed by atoms with van der Waals surface area (Å²) in [5, 5.41) is 0.831. The van der Waals surface area contributed by atoms with Gasteiger partial charge in [0.25, 0.3) is 0 Å². The van der Waals surface area contributed by atoms with Gasteiger partial charge in [-0.2, -0.15) is 0 Å². The lowest BCUT2D eigenvalue weighted by Gasteiger charge is -2.10. The van der Waals surface area contributed by atoms with Crippen LogP contribution in [-0.2, 0) is 6.54 Å². The molecule has 0 bridgehead atoms. The molecule has 124 valence electrons. The van der Waals surface area contributed by atoms with E-state index in [1.165, 1.54) is 11.1 Å². The van der Waals surface area contributed by atoms with Crippen molar-refractivity contribution in [3.05, 3.63) is 59.3 Å². The van der Waals surface area contributed by atoms with Crippen molar-refractivity contribution >= 4 is 16.7 Å². The molecule has 0 atom stereocenters. The van der Waals surface area contributed by atoms with Gasteiger partial charge in [0.2, 0.25) is 0 Å². The van der Waals surface area contributed by atoms with Gasteiger partial charge in [0.05, 0.1) is 25.1 Å². The summed E-state index contributed by atoms with van der Waals surface area (Å²) in [5.41, 5.74) is 3.99. The molecule has 24 heavy (non-hydrogen) atoms. The van der Waals surface area contributed by atoms with E-state index in [-0.39, 0.29) is 5.78 Å². The average Bonchev–Trinajstić information content (AvgIpc) is 2.95. The van der Waals surface area contributed by atoms with Gasteiger partial charge >= 0.3 is 0 Å². The molecule has 0 fully saturated rings. The number of methoxy groups -OCH3 is 2. The van der Waals surface area contributed by atoms with E-state index in [9.17, 15) is 4.79 Å². The Bertz CT molecular complexity index is 891. The number of ketones is 1. The number of rotatable bonds is 5. The maximum Gasteiger partial charge on any atom is 0.162 e. The van der Waals surface area contributed by atoms with E-state index in [4.69, 9.17) is 9.47 Å². The van der Waals surface area contributed by atoms with Crippen LogP contribution in [0.1, 0.15) is 28.4 Å². The second-order valence-electron chi connectivity index (χ2n) is 5.94. The van der Waals surface area contributed by atoms with E-state index < -0.39 is 0 Å². The van der Waals surface area contributed by atoms with Crippen molar-refractivity contribution < 1.29 is 14.3 Å². The molecule has 1 heterocycles. The Balaban J connectivity index is 2.19. The minimum Gasteiger partial charge on any atom is -0.497 e. The molecule has 4 heteroatoms. The van der Waals surface area contributed by atoms with Gasteiger partial charge in [0, 0.05) is 30.4 Å². The lowest BCUT2D eigenvalue weighted by Crippen LogP contribution is -1.98. The molecule has 0 aliphatic carbocycles.